The molecule has 150 valence electrons. The fourth-order valence-electron chi connectivity index (χ4n) is 2.98. The number of nitrogens with one attached hydrogen (secondary N) is 1. The molecule has 8 heteroatoms. The second-order valence-corrected chi connectivity index (χ2v) is 8.95. The molecule has 3 rings (SSSR count). The largest absolute Gasteiger partial charge is 0.378 e. The summed E-state index contributed by atoms with van der Waals surface area (Å²) in [5.41, 5.74) is 2.02. The van der Waals surface area contributed by atoms with Gasteiger partial charge in [0, 0.05) is 23.7 Å². The lowest BCUT2D eigenvalue weighted by Crippen LogP contribution is -2.40. The predicted molar refractivity (Wildman–Crippen MR) is 112 cm³/mol. The molecule has 1 saturated heterocycles. The van der Waals surface area contributed by atoms with Gasteiger partial charge in [0.05, 0.1) is 23.7 Å². The van der Waals surface area contributed by atoms with Gasteiger partial charge in [0.15, 0.2) is 0 Å². The van der Waals surface area contributed by atoms with Crippen molar-refractivity contribution >= 4 is 33.4 Å². The van der Waals surface area contributed by atoms with E-state index in [9.17, 15) is 13.2 Å². The van der Waals surface area contributed by atoms with Crippen molar-refractivity contribution in [2.24, 2.45) is 0 Å². The third kappa shape index (κ3) is 4.68. The van der Waals surface area contributed by atoms with Crippen molar-refractivity contribution in [3.63, 3.8) is 0 Å². The Kier molecular flexibility index (Phi) is 6.64. The second kappa shape index (κ2) is 8.98. The summed E-state index contributed by atoms with van der Waals surface area (Å²) in [5.74, 6) is -0.169. The van der Waals surface area contributed by atoms with E-state index < -0.39 is 10.0 Å². The zero-order valence-electron chi connectivity index (χ0n) is 16.0. The van der Waals surface area contributed by atoms with Gasteiger partial charge in [-0.05, 0) is 48.6 Å². The first-order valence-corrected chi connectivity index (χ1v) is 11.8. The average Bonchev–Trinajstić information content (AvgIpc) is 2.73. The van der Waals surface area contributed by atoms with Crippen LogP contribution in [-0.2, 0) is 21.2 Å². The van der Waals surface area contributed by atoms with Gasteiger partial charge in [0.25, 0.3) is 15.9 Å². The molecule has 0 aliphatic carbocycles. The normalized spacial score (nSPS) is 14.7. The SMILES string of the molecule is CCc1ccc(NS(=O)(=O)c2ccc(SC)c(C(=O)N3CCOCC3)c2)cc1. The summed E-state index contributed by atoms with van der Waals surface area (Å²) in [6, 6.07) is 12.0. The quantitative estimate of drug-likeness (QED) is 0.726. The Morgan fingerprint density at radius 3 is 2.43 bits per heavy atom. The summed E-state index contributed by atoms with van der Waals surface area (Å²) < 4.78 is 33.6. The minimum absolute atomic E-state index is 0.0708. The number of rotatable bonds is 6. The first-order valence-electron chi connectivity index (χ1n) is 9.11. The minimum atomic E-state index is -3.80. The highest BCUT2D eigenvalue weighted by molar-refractivity contribution is 7.98. The van der Waals surface area contributed by atoms with Crippen LogP contribution in [0.1, 0.15) is 22.8 Å². The minimum Gasteiger partial charge on any atom is -0.378 e. The van der Waals surface area contributed by atoms with Crippen LogP contribution in [0.15, 0.2) is 52.3 Å². The summed E-state index contributed by atoms with van der Waals surface area (Å²) in [7, 11) is -3.80. The van der Waals surface area contributed by atoms with E-state index in [2.05, 4.69) is 4.72 Å². The van der Waals surface area contributed by atoms with E-state index >= 15 is 0 Å². The molecule has 0 atom stereocenters. The van der Waals surface area contributed by atoms with Crippen molar-refractivity contribution in [1.29, 1.82) is 0 Å². The van der Waals surface area contributed by atoms with Crippen LogP contribution in [0.25, 0.3) is 0 Å². The number of anilines is 1. The van der Waals surface area contributed by atoms with Crippen molar-refractivity contribution < 1.29 is 17.9 Å². The molecule has 28 heavy (non-hydrogen) atoms. The number of amides is 1. The van der Waals surface area contributed by atoms with Gasteiger partial charge >= 0.3 is 0 Å². The Balaban J connectivity index is 1.89. The van der Waals surface area contributed by atoms with Gasteiger partial charge in [-0.25, -0.2) is 8.42 Å². The van der Waals surface area contributed by atoms with Gasteiger partial charge < -0.3 is 9.64 Å². The number of carbonyl (C=O) groups excluding carboxylic acids is 1. The van der Waals surface area contributed by atoms with E-state index in [4.69, 9.17) is 4.74 Å². The van der Waals surface area contributed by atoms with Gasteiger partial charge in [-0.1, -0.05) is 19.1 Å². The Morgan fingerprint density at radius 1 is 1.14 bits per heavy atom. The molecule has 1 N–H and O–H groups in total. The highest BCUT2D eigenvalue weighted by Crippen LogP contribution is 2.26. The highest BCUT2D eigenvalue weighted by atomic mass is 32.2. The van der Waals surface area contributed by atoms with Crippen LogP contribution in [-0.4, -0.2) is 51.8 Å². The van der Waals surface area contributed by atoms with E-state index in [0.29, 0.717) is 37.6 Å². The molecule has 1 aliphatic rings. The van der Waals surface area contributed by atoms with Crippen molar-refractivity contribution in [2.75, 3.05) is 37.3 Å². The maximum Gasteiger partial charge on any atom is 0.261 e. The summed E-state index contributed by atoms with van der Waals surface area (Å²) in [6.45, 7) is 4.04. The summed E-state index contributed by atoms with van der Waals surface area (Å²) in [4.78, 5) is 15.5. The van der Waals surface area contributed by atoms with Gasteiger partial charge in [0.2, 0.25) is 0 Å². The maximum atomic E-state index is 12.9. The third-order valence-electron chi connectivity index (χ3n) is 4.62. The van der Waals surface area contributed by atoms with E-state index in [1.807, 2.05) is 25.3 Å². The first-order chi connectivity index (χ1) is 13.4. The Bertz CT molecular complexity index is 937. The number of ether oxygens (including phenoxy) is 1. The van der Waals surface area contributed by atoms with Crippen molar-refractivity contribution in [1.82, 2.24) is 4.90 Å². The third-order valence-corrected chi connectivity index (χ3v) is 6.80. The molecule has 6 nitrogen and oxygen atoms in total. The van der Waals surface area contributed by atoms with Crippen LogP contribution in [0.2, 0.25) is 0 Å². The number of morpholine rings is 1. The number of carbonyl (C=O) groups is 1. The van der Waals surface area contributed by atoms with E-state index in [1.165, 1.54) is 23.9 Å². The Morgan fingerprint density at radius 2 is 1.82 bits per heavy atom. The molecule has 1 amide bonds. The van der Waals surface area contributed by atoms with E-state index in [1.54, 1.807) is 23.1 Å². The first kappa shape index (κ1) is 20.7. The van der Waals surface area contributed by atoms with Crippen molar-refractivity contribution in [2.45, 2.75) is 23.1 Å². The fourth-order valence-corrected chi connectivity index (χ4v) is 4.64. The lowest BCUT2D eigenvalue weighted by Gasteiger charge is -2.27. The van der Waals surface area contributed by atoms with Crippen LogP contribution < -0.4 is 4.72 Å². The molecule has 0 unspecified atom stereocenters. The zero-order chi connectivity index (χ0) is 20.1. The number of aryl methyl sites for hydroxylation is 1. The molecule has 0 saturated carbocycles. The molecule has 1 heterocycles. The van der Waals surface area contributed by atoms with E-state index in [0.717, 1.165) is 16.9 Å². The lowest BCUT2D eigenvalue weighted by molar-refractivity contribution is 0.0300. The molecule has 0 aromatic heterocycles. The highest BCUT2D eigenvalue weighted by Gasteiger charge is 2.24. The number of benzene rings is 2. The smallest absolute Gasteiger partial charge is 0.261 e. The fraction of sp³-hybridized carbons (Fsp3) is 0.350. The van der Waals surface area contributed by atoms with Gasteiger partial charge in [0.1, 0.15) is 0 Å². The van der Waals surface area contributed by atoms with Crippen LogP contribution in [0.5, 0.6) is 0 Å². The molecule has 0 spiro atoms. The van der Waals surface area contributed by atoms with Gasteiger partial charge in [-0.2, -0.15) is 0 Å². The number of sulfonamides is 1. The number of hydrogen-bond donors (Lipinski definition) is 1. The molecular formula is C20H24N2O4S2. The summed E-state index contributed by atoms with van der Waals surface area (Å²) in [5, 5.41) is 0. The Hall–Kier alpha value is -2.03. The maximum absolute atomic E-state index is 12.9. The lowest BCUT2D eigenvalue weighted by atomic mass is 10.2. The van der Waals surface area contributed by atoms with Crippen LogP contribution in [0.3, 0.4) is 0 Å². The molecule has 1 aliphatic heterocycles. The average molecular weight is 421 g/mol. The predicted octanol–water partition coefficient (Wildman–Crippen LogP) is 3.24. The zero-order valence-corrected chi connectivity index (χ0v) is 17.6. The molecule has 0 bridgehead atoms. The monoisotopic (exact) mass is 420 g/mol. The summed E-state index contributed by atoms with van der Waals surface area (Å²) >= 11 is 1.42. The molecule has 2 aromatic rings. The Labute approximate surface area is 170 Å². The van der Waals surface area contributed by atoms with Gasteiger partial charge in [-0.15, -0.1) is 11.8 Å². The molecule has 0 radical (unpaired) electrons. The van der Waals surface area contributed by atoms with Crippen LogP contribution >= 0.6 is 11.8 Å². The topological polar surface area (TPSA) is 75.7 Å². The summed E-state index contributed by atoms with van der Waals surface area (Å²) in [6.07, 6.45) is 2.75. The van der Waals surface area contributed by atoms with Crippen molar-refractivity contribution in [3.8, 4) is 0 Å². The number of nitrogens with zero attached hydrogens (tertiary/aromatic N) is 1. The van der Waals surface area contributed by atoms with Crippen LogP contribution in [0.4, 0.5) is 5.69 Å². The molecular weight excluding hydrogens is 396 g/mol. The van der Waals surface area contributed by atoms with Crippen molar-refractivity contribution in [3.05, 3.63) is 53.6 Å². The standard InChI is InChI=1S/C20H24N2O4S2/c1-3-15-4-6-16(7-5-15)21-28(24,25)17-8-9-19(27-2)18(14-17)20(23)22-10-12-26-13-11-22/h4-9,14,21H,3,10-13H2,1-2H3. The van der Waals surface area contributed by atoms with Gasteiger partial charge in [-0.3, -0.25) is 9.52 Å². The van der Waals surface area contributed by atoms with Crippen LogP contribution in [0, 0.1) is 0 Å². The number of hydrogen-bond acceptors (Lipinski definition) is 5. The van der Waals surface area contributed by atoms with E-state index in [-0.39, 0.29) is 10.8 Å². The molecule has 2 aromatic carbocycles. The number of thioether (sulfide) groups is 1. The molecule has 1 fully saturated rings. The second-order valence-electron chi connectivity index (χ2n) is 6.42.